The highest BCUT2D eigenvalue weighted by molar-refractivity contribution is 5.61. The van der Waals surface area contributed by atoms with Crippen molar-refractivity contribution in [2.24, 2.45) is 17.6 Å². The third kappa shape index (κ3) is 2.76. The first-order valence-corrected chi connectivity index (χ1v) is 8.34. The van der Waals surface area contributed by atoms with E-state index in [1.54, 1.807) is 0 Å². The summed E-state index contributed by atoms with van der Waals surface area (Å²) in [6.45, 7) is 7.34. The van der Waals surface area contributed by atoms with Crippen LogP contribution in [0.3, 0.4) is 0 Å². The zero-order valence-corrected chi connectivity index (χ0v) is 13.3. The lowest BCUT2D eigenvalue weighted by Gasteiger charge is -2.50. The third-order valence-electron chi connectivity index (χ3n) is 5.15. The third-order valence-corrected chi connectivity index (χ3v) is 5.15. The molecular formula is C18H28N2O. The number of nitrogens with two attached hydrogens (primary N) is 1. The minimum absolute atomic E-state index is 0.0981. The number of hydrogen-bond acceptors (Lipinski definition) is 3. The molecule has 1 aliphatic heterocycles. The van der Waals surface area contributed by atoms with Gasteiger partial charge in [-0.2, -0.15) is 0 Å². The molecule has 0 amide bonds. The maximum Gasteiger partial charge on any atom is 0.142 e. The molecule has 0 saturated heterocycles. The van der Waals surface area contributed by atoms with Crippen molar-refractivity contribution >= 4 is 5.69 Å². The van der Waals surface area contributed by atoms with E-state index < -0.39 is 0 Å². The van der Waals surface area contributed by atoms with Crippen LogP contribution >= 0.6 is 0 Å². The fourth-order valence-corrected chi connectivity index (χ4v) is 4.55. The van der Waals surface area contributed by atoms with Gasteiger partial charge in [-0.3, -0.25) is 0 Å². The minimum Gasteiger partial charge on any atom is -0.491 e. The molecule has 0 radical (unpaired) electrons. The van der Waals surface area contributed by atoms with Crippen LogP contribution < -0.4 is 15.4 Å². The first-order chi connectivity index (χ1) is 10.1. The fourth-order valence-electron chi connectivity index (χ4n) is 4.55. The van der Waals surface area contributed by atoms with E-state index >= 15 is 0 Å². The molecule has 0 aromatic heterocycles. The largest absolute Gasteiger partial charge is 0.491 e. The molecule has 1 fully saturated rings. The summed E-state index contributed by atoms with van der Waals surface area (Å²) in [5.74, 6) is 2.51. The van der Waals surface area contributed by atoms with E-state index in [0.29, 0.717) is 0 Å². The number of benzene rings is 1. The van der Waals surface area contributed by atoms with Crippen LogP contribution in [0.25, 0.3) is 0 Å². The van der Waals surface area contributed by atoms with Crippen LogP contribution in [0.4, 0.5) is 5.69 Å². The Kier molecular flexibility index (Phi) is 4.12. The summed E-state index contributed by atoms with van der Waals surface area (Å²) < 4.78 is 5.93. The number of anilines is 1. The summed E-state index contributed by atoms with van der Waals surface area (Å²) in [4.78, 5) is 2.57. The van der Waals surface area contributed by atoms with Gasteiger partial charge in [0, 0.05) is 13.1 Å². The van der Waals surface area contributed by atoms with Gasteiger partial charge in [0.1, 0.15) is 5.75 Å². The molecule has 1 saturated carbocycles. The predicted octanol–water partition coefficient (Wildman–Crippen LogP) is 3.43. The number of ether oxygens (including phenoxy) is 1. The van der Waals surface area contributed by atoms with Crippen molar-refractivity contribution in [3.05, 3.63) is 24.3 Å². The quantitative estimate of drug-likeness (QED) is 0.906. The average molecular weight is 288 g/mol. The lowest BCUT2D eigenvalue weighted by atomic mass is 9.70. The Morgan fingerprint density at radius 3 is 2.67 bits per heavy atom. The Morgan fingerprint density at radius 1 is 1.24 bits per heavy atom. The summed E-state index contributed by atoms with van der Waals surface area (Å²) in [5, 5.41) is 0. The van der Waals surface area contributed by atoms with Crippen molar-refractivity contribution in [1.29, 1.82) is 0 Å². The second kappa shape index (κ2) is 5.88. The van der Waals surface area contributed by atoms with Gasteiger partial charge in [0.25, 0.3) is 0 Å². The summed E-state index contributed by atoms with van der Waals surface area (Å²) in [5.41, 5.74) is 7.66. The first-order valence-electron chi connectivity index (χ1n) is 8.34. The van der Waals surface area contributed by atoms with Gasteiger partial charge in [-0.25, -0.2) is 0 Å². The molecule has 2 unspecified atom stereocenters. The fraction of sp³-hybridized carbons (Fsp3) is 0.667. The van der Waals surface area contributed by atoms with Crippen LogP contribution in [-0.4, -0.2) is 25.2 Å². The minimum atomic E-state index is 0.0981. The average Bonchev–Trinajstić information content (AvgIpc) is 2.68. The smallest absolute Gasteiger partial charge is 0.142 e. The van der Waals surface area contributed by atoms with Crippen LogP contribution in [0, 0.1) is 11.8 Å². The van der Waals surface area contributed by atoms with E-state index in [9.17, 15) is 0 Å². The maximum absolute atomic E-state index is 6.32. The zero-order valence-electron chi connectivity index (χ0n) is 13.3. The normalized spacial score (nSPS) is 33.0. The van der Waals surface area contributed by atoms with E-state index in [4.69, 9.17) is 10.5 Å². The van der Waals surface area contributed by atoms with Crippen molar-refractivity contribution in [2.45, 2.75) is 45.1 Å². The summed E-state index contributed by atoms with van der Waals surface area (Å²) in [6, 6.07) is 8.46. The van der Waals surface area contributed by atoms with Crippen LogP contribution in [0.5, 0.6) is 5.75 Å². The van der Waals surface area contributed by atoms with Gasteiger partial charge in [0.2, 0.25) is 0 Å². The number of rotatable bonds is 2. The second-order valence-corrected chi connectivity index (χ2v) is 7.10. The highest BCUT2D eigenvalue weighted by atomic mass is 16.5. The van der Waals surface area contributed by atoms with Crippen molar-refractivity contribution in [3.63, 3.8) is 0 Å². The van der Waals surface area contributed by atoms with Gasteiger partial charge >= 0.3 is 0 Å². The predicted molar refractivity (Wildman–Crippen MR) is 87.9 cm³/mol. The van der Waals surface area contributed by atoms with Crippen LogP contribution in [-0.2, 0) is 0 Å². The van der Waals surface area contributed by atoms with E-state index in [2.05, 4.69) is 43.0 Å². The number of para-hydroxylation sites is 2. The number of nitrogens with zero attached hydrogens (tertiary/aromatic N) is 1. The summed E-state index contributed by atoms with van der Waals surface area (Å²) in [7, 11) is 0. The maximum atomic E-state index is 6.32. The van der Waals surface area contributed by atoms with Crippen LogP contribution in [0.15, 0.2) is 24.3 Å². The number of fused-ring (bicyclic) bond motifs is 1. The molecule has 0 bridgehead atoms. The van der Waals surface area contributed by atoms with Gasteiger partial charge in [0.15, 0.2) is 0 Å². The van der Waals surface area contributed by atoms with Gasteiger partial charge in [-0.1, -0.05) is 26.0 Å². The molecule has 2 N–H and O–H groups in total. The highest BCUT2D eigenvalue weighted by Crippen LogP contribution is 2.44. The van der Waals surface area contributed by atoms with Crippen molar-refractivity contribution in [1.82, 2.24) is 0 Å². The van der Waals surface area contributed by atoms with Gasteiger partial charge < -0.3 is 15.4 Å². The monoisotopic (exact) mass is 288 g/mol. The molecule has 3 rings (SSSR count). The lowest BCUT2D eigenvalue weighted by molar-refractivity contribution is 0.177. The molecule has 21 heavy (non-hydrogen) atoms. The summed E-state index contributed by atoms with van der Waals surface area (Å²) >= 11 is 0. The number of hydrogen-bond donors (Lipinski definition) is 1. The second-order valence-electron chi connectivity index (χ2n) is 7.10. The van der Waals surface area contributed by atoms with Crippen molar-refractivity contribution in [2.75, 3.05) is 24.6 Å². The van der Waals surface area contributed by atoms with Crippen LogP contribution in [0.1, 0.15) is 39.5 Å². The molecular weight excluding hydrogens is 260 g/mol. The SMILES string of the molecule is CC1CC(C)CC(CN)(N2CCCOc3ccccc32)C1. The molecule has 1 aromatic carbocycles. The molecule has 116 valence electrons. The van der Waals surface area contributed by atoms with Gasteiger partial charge in [-0.15, -0.1) is 0 Å². The van der Waals surface area contributed by atoms with Crippen molar-refractivity contribution in [3.8, 4) is 5.75 Å². The molecule has 3 nitrogen and oxygen atoms in total. The molecule has 1 heterocycles. The van der Waals surface area contributed by atoms with E-state index in [0.717, 1.165) is 43.7 Å². The van der Waals surface area contributed by atoms with E-state index in [1.165, 1.54) is 24.9 Å². The Morgan fingerprint density at radius 2 is 1.95 bits per heavy atom. The Bertz CT molecular complexity index is 478. The van der Waals surface area contributed by atoms with E-state index in [1.807, 2.05) is 0 Å². The van der Waals surface area contributed by atoms with Gasteiger partial charge in [0.05, 0.1) is 17.8 Å². The zero-order chi connectivity index (χ0) is 14.9. The highest BCUT2D eigenvalue weighted by Gasteiger charge is 2.42. The van der Waals surface area contributed by atoms with Crippen molar-refractivity contribution < 1.29 is 4.74 Å². The molecule has 0 spiro atoms. The molecule has 3 heteroatoms. The molecule has 1 aliphatic carbocycles. The lowest BCUT2D eigenvalue weighted by Crippen LogP contribution is -2.58. The van der Waals surface area contributed by atoms with E-state index in [-0.39, 0.29) is 5.54 Å². The topological polar surface area (TPSA) is 38.5 Å². The first kappa shape index (κ1) is 14.7. The van der Waals surface area contributed by atoms with Crippen LogP contribution in [0.2, 0.25) is 0 Å². The Hall–Kier alpha value is -1.22. The Labute approximate surface area is 128 Å². The standard InChI is InChI=1S/C18H28N2O/c1-14-10-15(2)12-18(11-14,13-19)20-8-5-9-21-17-7-4-3-6-16(17)20/h3-4,6-7,14-15H,5,8-13,19H2,1-2H3. The Balaban J connectivity index is 2.00. The molecule has 2 aliphatic rings. The summed E-state index contributed by atoms with van der Waals surface area (Å²) in [6.07, 6.45) is 4.79. The molecule has 2 atom stereocenters. The molecule has 1 aromatic rings. The van der Waals surface area contributed by atoms with Gasteiger partial charge in [-0.05, 0) is 49.7 Å².